The summed E-state index contributed by atoms with van der Waals surface area (Å²) >= 11 is 0. The minimum atomic E-state index is -0.477. The summed E-state index contributed by atoms with van der Waals surface area (Å²) in [6.45, 7) is 3.74. The number of esters is 1. The van der Waals surface area contributed by atoms with Crippen molar-refractivity contribution in [1.29, 1.82) is 0 Å². The Labute approximate surface area is 170 Å². The molecule has 0 spiro atoms. The highest BCUT2D eigenvalue weighted by molar-refractivity contribution is 5.93. The summed E-state index contributed by atoms with van der Waals surface area (Å²) in [5.41, 5.74) is 4.77. The van der Waals surface area contributed by atoms with Gasteiger partial charge in [-0.3, -0.25) is 0 Å². The Morgan fingerprint density at radius 2 is 1.55 bits per heavy atom. The van der Waals surface area contributed by atoms with E-state index < -0.39 is 5.97 Å². The molecule has 0 saturated heterocycles. The number of ether oxygens (including phenoxy) is 1. The monoisotopic (exact) mass is 389 g/mol. The summed E-state index contributed by atoms with van der Waals surface area (Å²) in [6, 6.07) is 9.37. The van der Waals surface area contributed by atoms with E-state index in [1.165, 1.54) is 18.7 Å². The normalized spacial score (nSPS) is 10.9. The SMILES string of the molecule is Cc1cc(/C=C/c2cc(C(=O)Oc3cncnc3)cc(N(C)C)c2)cc(C)c1O. The topological polar surface area (TPSA) is 75.5 Å². The van der Waals surface area contributed by atoms with Gasteiger partial charge in [-0.2, -0.15) is 0 Å². The van der Waals surface area contributed by atoms with E-state index in [1.54, 1.807) is 12.1 Å². The van der Waals surface area contributed by atoms with E-state index in [2.05, 4.69) is 9.97 Å². The fourth-order valence-electron chi connectivity index (χ4n) is 2.89. The molecule has 1 heterocycles. The maximum Gasteiger partial charge on any atom is 0.343 e. The Morgan fingerprint density at radius 3 is 2.14 bits per heavy atom. The smallest absolute Gasteiger partial charge is 0.343 e. The fraction of sp³-hybridized carbons (Fsp3) is 0.174. The zero-order chi connectivity index (χ0) is 21.0. The van der Waals surface area contributed by atoms with Crippen LogP contribution in [0.1, 0.15) is 32.6 Å². The second kappa shape index (κ2) is 8.56. The summed E-state index contributed by atoms with van der Waals surface area (Å²) in [5, 5.41) is 9.94. The van der Waals surface area contributed by atoms with Crippen LogP contribution in [0.5, 0.6) is 11.5 Å². The number of phenols is 1. The molecular weight excluding hydrogens is 366 g/mol. The lowest BCUT2D eigenvalue weighted by atomic mass is 10.0. The van der Waals surface area contributed by atoms with Crippen molar-refractivity contribution in [3.05, 3.63) is 76.9 Å². The first-order valence-corrected chi connectivity index (χ1v) is 9.11. The number of carbonyl (C=O) groups is 1. The molecule has 6 nitrogen and oxygen atoms in total. The van der Waals surface area contributed by atoms with Crippen LogP contribution in [0.25, 0.3) is 12.2 Å². The number of hydrogen-bond donors (Lipinski definition) is 1. The first-order chi connectivity index (χ1) is 13.8. The molecule has 0 unspecified atom stereocenters. The average molecular weight is 389 g/mol. The van der Waals surface area contributed by atoms with Crippen molar-refractivity contribution in [2.45, 2.75) is 13.8 Å². The number of benzene rings is 2. The van der Waals surface area contributed by atoms with Crippen LogP contribution >= 0.6 is 0 Å². The molecule has 148 valence electrons. The largest absolute Gasteiger partial charge is 0.507 e. The molecule has 0 amide bonds. The van der Waals surface area contributed by atoms with Crippen LogP contribution in [0, 0.1) is 13.8 Å². The summed E-state index contributed by atoms with van der Waals surface area (Å²) in [7, 11) is 3.82. The Balaban J connectivity index is 1.91. The van der Waals surface area contributed by atoms with Gasteiger partial charge in [0.25, 0.3) is 0 Å². The molecule has 0 fully saturated rings. The van der Waals surface area contributed by atoms with E-state index in [9.17, 15) is 9.90 Å². The third kappa shape index (κ3) is 4.99. The lowest BCUT2D eigenvalue weighted by molar-refractivity contribution is 0.0733. The van der Waals surface area contributed by atoms with Crippen molar-refractivity contribution >= 4 is 23.8 Å². The second-order valence-electron chi connectivity index (χ2n) is 7.01. The zero-order valence-corrected chi connectivity index (χ0v) is 16.9. The number of aryl methyl sites for hydroxylation is 2. The minimum absolute atomic E-state index is 0.292. The molecule has 1 N–H and O–H groups in total. The van der Waals surface area contributed by atoms with E-state index in [0.29, 0.717) is 17.1 Å². The van der Waals surface area contributed by atoms with Crippen molar-refractivity contribution in [2.75, 3.05) is 19.0 Å². The van der Waals surface area contributed by atoms with E-state index in [4.69, 9.17) is 4.74 Å². The van der Waals surface area contributed by atoms with Crippen LogP contribution in [0.3, 0.4) is 0 Å². The number of phenolic OH excluding ortho intramolecular Hbond substituents is 1. The van der Waals surface area contributed by atoms with Gasteiger partial charge in [0.15, 0.2) is 5.75 Å². The molecule has 0 aliphatic heterocycles. The van der Waals surface area contributed by atoms with E-state index in [1.807, 2.05) is 63.2 Å². The average Bonchev–Trinajstić information content (AvgIpc) is 2.70. The van der Waals surface area contributed by atoms with Gasteiger partial charge in [-0.05, 0) is 66.4 Å². The molecule has 0 aliphatic carbocycles. The van der Waals surface area contributed by atoms with Crippen LogP contribution in [0.2, 0.25) is 0 Å². The Kier molecular flexibility index (Phi) is 5.93. The molecule has 0 saturated carbocycles. The van der Waals surface area contributed by atoms with E-state index >= 15 is 0 Å². The summed E-state index contributed by atoms with van der Waals surface area (Å²) < 4.78 is 5.36. The Hall–Kier alpha value is -3.67. The maximum absolute atomic E-state index is 12.6. The van der Waals surface area contributed by atoms with Crippen molar-refractivity contribution in [3.63, 3.8) is 0 Å². The number of aromatic nitrogens is 2. The van der Waals surface area contributed by atoms with Gasteiger partial charge in [0.05, 0.1) is 18.0 Å². The quantitative estimate of drug-likeness (QED) is 0.519. The number of anilines is 1. The number of carbonyl (C=O) groups excluding carboxylic acids is 1. The number of nitrogens with zero attached hydrogens (tertiary/aromatic N) is 3. The molecule has 2 aromatic carbocycles. The number of rotatable bonds is 5. The van der Waals surface area contributed by atoms with E-state index in [-0.39, 0.29) is 0 Å². The number of aromatic hydroxyl groups is 1. The van der Waals surface area contributed by atoms with Crippen LogP contribution in [0.4, 0.5) is 5.69 Å². The van der Waals surface area contributed by atoms with Crippen LogP contribution < -0.4 is 9.64 Å². The van der Waals surface area contributed by atoms with Gasteiger partial charge in [0.1, 0.15) is 12.1 Å². The van der Waals surface area contributed by atoms with Gasteiger partial charge in [0.2, 0.25) is 0 Å². The van der Waals surface area contributed by atoms with Crippen molar-refractivity contribution in [1.82, 2.24) is 9.97 Å². The highest BCUT2D eigenvalue weighted by Crippen LogP contribution is 2.25. The molecule has 0 bridgehead atoms. The third-order valence-corrected chi connectivity index (χ3v) is 4.42. The predicted molar refractivity (Wildman–Crippen MR) is 114 cm³/mol. The van der Waals surface area contributed by atoms with Gasteiger partial charge < -0.3 is 14.7 Å². The predicted octanol–water partition coefficient (Wildman–Crippen LogP) is 4.25. The lowest BCUT2D eigenvalue weighted by Gasteiger charge is -2.15. The van der Waals surface area contributed by atoms with Gasteiger partial charge in [-0.25, -0.2) is 14.8 Å². The first kappa shape index (κ1) is 20.1. The zero-order valence-electron chi connectivity index (χ0n) is 16.9. The molecular formula is C23H23N3O3. The maximum atomic E-state index is 12.6. The molecule has 0 atom stereocenters. The molecule has 29 heavy (non-hydrogen) atoms. The summed E-state index contributed by atoms with van der Waals surface area (Å²) in [6.07, 6.45) is 8.14. The third-order valence-electron chi connectivity index (χ3n) is 4.42. The first-order valence-electron chi connectivity index (χ1n) is 9.11. The Morgan fingerprint density at radius 1 is 0.966 bits per heavy atom. The van der Waals surface area contributed by atoms with Crippen LogP contribution in [-0.2, 0) is 0 Å². The molecule has 6 heteroatoms. The lowest BCUT2D eigenvalue weighted by Crippen LogP contribution is -2.13. The summed E-state index contributed by atoms with van der Waals surface area (Å²) in [5.74, 6) is 0.126. The summed E-state index contributed by atoms with van der Waals surface area (Å²) in [4.78, 5) is 22.2. The second-order valence-corrected chi connectivity index (χ2v) is 7.01. The minimum Gasteiger partial charge on any atom is -0.507 e. The van der Waals surface area contributed by atoms with Gasteiger partial charge >= 0.3 is 5.97 Å². The molecule has 1 aromatic heterocycles. The molecule has 0 aliphatic rings. The van der Waals surface area contributed by atoms with Crippen molar-refractivity contribution in [3.8, 4) is 11.5 Å². The van der Waals surface area contributed by atoms with Gasteiger partial charge in [0, 0.05) is 19.8 Å². The molecule has 3 rings (SSSR count). The van der Waals surface area contributed by atoms with Crippen molar-refractivity contribution in [2.24, 2.45) is 0 Å². The van der Waals surface area contributed by atoms with Gasteiger partial charge in [-0.1, -0.05) is 12.2 Å². The highest BCUT2D eigenvalue weighted by atomic mass is 16.5. The molecule has 3 aromatic rings. The van der Waals surface area contributed by atoms with Crippen LogP contribution in [-0.4, -0.2) is 35.1 Å². The fourth-order valence-corrected chi connectivity index (χ4v) is 2.89. The van der Waals surface area contributed by atoms with Crippen LogP contribution in [0.15, 0.2) is 49.1 Å². The van der Waals surface area contributed by atoms with Crippen molar-refractivity contribution < 1.29 is 14.6 Å². The molecule has 0 radical (unpaired) electrons. The Bertz CT molecular complexity index is 1040. The standard InChI is InChI=1S/C23H23N3O3/c1-15-7-17(8-16(2)22(15)27)5-6-18-9-19(11-20(10-18)26(3)4)23(28)29-21-12-24-14-25-13-21/h5-14,27H,1-4H3/b6-5+. The highest BCUT2D eigenvalue weighted by Gasteiger charge is 2.12. The van der Waals surface area contributed by atoms with E-state index in [0.717, 1.165) is 27.9 Å². The number of hydrogen-bond acceptors (Lipinski definition) is 6. The van der Waals surface area contributed by atoms with Gasteiger partial charge in [-0.15, -0.1) is 0 Å².